The Hall–Kier alpha value is -0.190. The zero-order valence-corrected chi connectivity index (χ0v) is 17.1. The maximum Gasteiger partial charge on any atom is 0.522 e. The van der Waals surface area contributed by atoms with E-state index in [-0.39, 0.29) is 18.3 Å². The molecule has 0 aromatic rings. The van der Waals surface area contributed by atoms with Gasteiger partial charge in [0.2, 0.25) is 0 Å². The second-order valence-corrected chi connectivity index (χ2v) is 8.65. The van der Waals surface area contributed by atoms with Crippen LogP contribution in [0.2, 0.25) is 0 Å². The van der Waals surface area contributed by atoms with E-state index in [1.165, 1.54) is 0 Å². The first kappa shape index (κ1) is 25.8. The summed E-state index contributed by atoms with van der Waals surface area (Å²) in [6.07, 6.45) is -7.84. The van der Waals surface area contributed by atoms with E-state index in [0.717, 1.165) is 6.92 Å². The lowest BCUT2D eigenvalue weighted by molar-refractivity contribution is -0.345. The molecule has 1 aliphatic rings. The van der Waals surface area contributed by atoms with E-state index in [1.54, 1.807) is 0 Å². The molecule has 0 saturated heterocycles. The van der Waals surface area contributed by atoms with Gasteiger partial charge in [0.1, 0.15) is 6.23 Å². The topological polar surface area (TPSA) is 41.5 Å². The normalized spacial score (nSPS) is 25.9. The number of hydrogen-bond acceptors (Lipinski definition) is 4. The minimum Gasteiger partial charge on any atom is -0.377 e. The van der Waals surface area contributed by atoms with E-state index in [0.29, 0.717) is 45.1 Å². The number of ether oxygens (including phenoxy) is 1. The van der Waals surface area contributed by atoms with Gasteiger partial charge in [0.25, 0.3) is 0 Å². The van der Waals surface area contributed by atoms with Crippen LogP contribution in [-0.4, -0.2) is 41.8 Å². The molecule has 0 aromatic carbocycles. The molecule has 28 heavy (non-hydrogen) atoms. The summed E-state index contributed by atoms with van der Waals surface area (Å²) in [6.45, 7) is 3.45. The third-order valence-electron chi connectivity index (χ3n) is 5.37. The Labute approximate surface area is 168 Å². The predicted octanol–water partition coefficient (Wildman–Crippen LogP) is 5.29. The Morgan fingerprint density at radius 3 is 2.11 bits per heavy atom. The van der Waals surface area contributed by atoms with Crippen molar-refractivity contribution < 1.29 is 36.2 Å². The fourth-order valence-electron chi connectivity index (χ4n) is 3.42. The number of nitrogens with one attached hydrogen (secondary N) is 1. The molecule has 0 aromatic heterocycles. The van der Waals surface area contributed by atoms with Crippen LogP contribution in [0.4, 0.5) is 26.3 Å². The zero-order chi connectivity index (χ0) is 21.5. The van der Waals surface area contributed by atoms with Gasteiger partial charge in [-0.1, -0.05) is 20.3 Å². The maximum atomic E-state index is 12.5. The average Bonchev–Trinajstić information content (AvgIpc) is 2.56. The summed E-state index contributed by atoms with van der Waals surface area (Å²) in [5.41, 5.74) is 0. The summed E-state index contributed by atoms with van der Waals surface area (Å²) in [5.74, 6) is -1.22. The lowest BCUT2D eigenvalue weighted by atomic mass is 9.87. The van der Waals surface area contributed by atoms with Crippen molar-refractivity contribution in [2.45, 2.75) is 88.9 Å². The summed E-state index contributed by atoms with van der Waals surface area (Å²) < 4.78 is 78.3. The van der Waals surface area contributed by atoms with Crippen LogP contribution in [0.3, 0.4) is 0 Å². The molecule has 0 amide bonds. The van der Waals surface area contributed by atoms with E-state index < -0.39 is 36.0 Å². The van der Waals surface area contributed by atoms with Crippen LogP contribution in [0.1, 0.15) is 58.8 Å². The highest BCUT2D eigenvalue weighted by atomic mass is 32.1. The van der Waals surface area contributed by atoms with E-state index in [1.807, 2.05) is 6.92 Å². The van der Waals surface area contributed by atoms with Gasteiger partial charge < -0.3 is 5.11 Å². The van der Waals surface area contributed by atoms with Crippen molar-refractivity contribution in [2.24, 2.45) is 17.8 Å². The van der Waals surface area contributed by atoms with Gasteiger partial charge in [0, 0.05) is 11.8 Å². The third-order valence-corrected chi connectivity index (χ3v) is 5.86. The standard InChI is InChI=1S/C18H31F6NO2S/c1-11(3-4-12(2)17(19,20)21)9-15(28)16(26)25-10-13-5-7-14(8-6-13)27-18(22,23)24/h11-16,25-26,28H,3-10H2,1-2H3. The van der Waals surface area contributed by atoms with Crippen molar-refractivity contribution >= 4 is 12.6 Å². The Balaban J connectivity index is 2.23. The molecule has 0 bridgehead atoms. The molecule has 1 rings (SSSR count). The molecule has 4 unspecified atom stereocenters. The number of aliphatic hydroxyl groups excluding tert-OH is 1. The van der Waals surface area contributed by atoms with Gasteiger partial charge in [-0.3, -0.25) is 10.1 Å². The number of halogens is 6. The van der Waals surface area contributed by atoms with E-state index in [2.05, 4.69) is 22.7 Å². The van der Waals surface area contributed by atoms with Gasteiger partial charge in [0.05, 0.1) is 12.0 Å². The Morgan fingerprint density at radius 2 is 1.61 bits per heavy atom. The van der Waals surface area contributed by atoms with Crippen LogP contribution in [0.5, 0.6) is 0 Å². The van der Waals surface area contributed by atoms with Gasteiger partial charge >= 0.3 is 12.5 Å². The fraction of sp³-hybridized carbons (Fsp3) is 1.00. The van der Waals surface area contributed by atoms with Gasteiger partial charge in [-0.25, -0.2) is 0 Å². The molecule has 1 fully saturated rings. The minimum absolute atomic E-state index is 0.0151. The van der Waals surface area contributed by atoms with Gasteiger partial charge in [-0.05, 0) is 50.4 Å². The highest BCUT2D eigenvalue weighted by Crippen LogP contribution is 2.32. The number of alkyl halides is 6. The first-order chi connectivity index (χ1) is 12.8. The molecule has 10 heteroatoms. The second-order valence-electron chi connectivity index (χ2n) is 7.99. The Morgan fingerprint density at radius 1 is 1.04 bits per heavy atom. The highest BCUT2D eigenvalue weighted by molar-refractivity contribution is 7.81. The lowest BCUT2D eigenvalue weighted by Gasteiger charge is -2.30. The average molecular weight is 440 g/mol. The maximum absolute atomic E-state index is 12.5. The van der Waals surface area contributed by atoms with Crippen molar-refractivity contribution in [3.05, 3.63) is 0 Å². The molecule has 1 aliphatic carbocycles. The van der Waals surface area contributed by atoms with Crippen LogP contribution in [0.15, 0.2) is 0 Å². The molecule has 168 valence electrons. The molecule has 0 aliphatic heterocycles. The van der Waals surface area contributed by atoms with Crippen LogP contribution in [-0.2, 0) is 4.74 Å². The predicted molar refractivity (Wildman–Crippen MR) is 97.9 cm³/mol. The van der Waals surface area contributed by atoms with Crippen LogP contribution >= 0.6 is 12.6 Å². The SMILES string of the molecule is CC(CCC(C)C(F)(F)F)CC(S)C(O)NCC1CCC(OC(F)(F)F)CC1. The van der Waals surface area contributed by atoms with E-state index >= 15 is 0 Å². The van der Waals surface area contributed by atoms with Crippen molar-refractivity contribution in [3.63, 3.8) is 0 Å². The highest BCUT2D eigenvalue weighted by Gasteiger charge is 2.36. The minimum atomic E-state index is -4.61. The zero-order valence-electron chi connectivity index (χ0n) is 16.2. The molecular weight excluding hydrogens is 408 g/mol. The van der Waals surface area contributed by atoms with Crippen molar-refractivity contribution in [1.29, 1.82) is 0 Å². The third kappa shape index (κ3) is 10.5. The molecular formula is C18H31F6NO2S. The molecule has 3 nitrogen and oxygen atoms in total. The molecule has 4 atom stereocenters. The monoisotopic (exact) mass is 439 g/mol. The lowest BCUT2D eigenvalue weighted by Crippen LogP contribution is -2.41. The van der Waals surface area contributed by atoms with Crippen molar-refractivity contribution in [2.75, 3.05) is 6.54 Å². The summed E-state index contributed by atoms with van der Waals surface area (Å²) in [4.78, 5) is 0. The fourth-order valence-corrected chi connectivity index (χ4v) is 3.89. The molecule has 0 spiro atoms. The number of hydrogen-bond donors (Lipinski definition) is 3. The van der Waals surface area contributed by atoms with E-state index in [9.17, 15) is 31.4 Å². The molecule has 0 radical (unpaired) electrons. The largest absolute Gasteiger partial charge is 0.522 e. The van der Waals surface area contributed by atoms with Crippen molar-refractivity contribution in [3.8, 4) is 0 Å². The quantitative estimate of drug-likeness (QED) is 0.246. The second kappa shape index (κ2) is 11.3. The molecule has 0 heterocycles. The molecule has 2 N–H and O–H groups in total. The van der Waals surface area contributed by atoms with Crippen LogP contribution < -0.4 is 5.32 Å². The van der Waals surface area contributed by atoms with E-state index in [4.69, 9.17) is 0 Å². The Kier molecular flexibility index (Phi) is 10.4. The van der Waals surface area contributed by atoms with Crippen molar-refractivity contribution in [1.82, 2.24) is 5.32 Å². The van der Waals surface area contributed by atoms with Crippen LogP contribution in [0, 0.1) is 17.8 Å². The van der Waals surface area contributed by atoms with Gasteiger partial charge in [-0.15, -0.1) is 13.2 Å². The van der Waals surface area contributed by atoms with Gasteiger partial charge in [-0.2, -0.15) is 25.8 Å². The first-order valence-electron chi connectivity index (χ1n) is 9.68. The number of aliphatic hydroxyl groups is 1. The number of rotatable bonds is 10. The smallest absolute Gasteiger partial charge is 0.377 e. The molecule has 1 saturated carbocycles. The summed E-state index contributed by atoms with van der Waals surface area (Å²) in [5, 5.41) is 12.7. The van der Waals surface area contributed by atoms with Gasteiger partial charge in [0.15, 0.2) is 0 Å². The summed E-state index contributed by atoms with van der Waals surface area (Å²) in [6, 6.07) is 0. The summed E-state index contributed by atoms with van der Waals surface area (Å²) >= 11 is 4.35. The Bertz CT molecular complexity index is 441. The summed E-state index contributed by atoms with van der Waals surface area (Å²) in [7, 11) is 0. The van der Waals surface area contributed by atoms with Crippen LogP contribution in [0.25, 0.3) is 0 Å². The first-order valence-corrected chi connectivity index (χ1v) is 10.2. The number of thiol groups is 1.